The highest BCUT2D eigenvalue weighted by Gasteiger charge is 2.30. The maximum Gasteiger partial charge on any atom is 0.261 e. The minimum atomic E-state index is -0.520. The lowest BCUT2D eigenvalue weighted by Gasteiger charge is -2.17. The van der Waals surface area contributed by atoms with E-state index < -0.39 is 6.17 Å². The Kier molecular flexibility index (Phi) is 3.08. The molecular weight excluding hydrogens is 222 g/mol. The van der Waals surface area contributed by atoms with E-state index in [4.69, 9.17) is 0 Å². The summed E-state index contributed by atoms with van der Waals surface area (Å²) in [4.78, 5) is 22.0. The van der Waals surface area contributed by atoms with Gasteiger partial charge >= 0.3 is 0 Å². The van der Waals surface area contributed by atoms with Crippen molar-refractivity contribution in [1.82, 2.24) is 10.4 Å². The van der Waals surface area contributed by atoms with Gasteiger partial charge in [0.2, 0.25) is 5.91 Å². The van der Waals surface area contributed by atoms with Crippen molar-refractivity contribution in [3.63, 3.8) is 0 Å². The van der Waals surface area contributed by atoms with Crippen molar-refractivity contribution in [1.29, 1.82) is 0 Å². The lowest BCUT2D eigenvalue weighted by Crippen LogP contribution is -2.26. The van der Waals surface area contributed by atoms with Gasteiger partial charge < -0.3 is 5.32 Å². The molecule has 0 spiro atoms. The van der Waals surface area contributed by atoms with Crippen molar-refractivity contribution in [3.05, 3.63) is 29.8 Å². The molecule has 90 valence electrons. The number of hydrogen-bond acceptors (Lipinski definition) is 4. The van der Waals surface area contributed by atoms with Gasteiger partial charge in [0.15, 0.2) is 0 Å². The van der Waals surface area contributed by atoms with Crippen molar-refractivity contribution in [3.8, 4) is 0 Å². The van der Waals surface area contributed by atoms with E-state index in [-0.39, 0.29) is 18.4 Å². The van der Waals surface area contributed by atoms with Crippen molar-refractivity contribution in [2.24, 2.45) is 0 Å². The summed E-state index contributed by atoms with van der Waals surface area (Å²) in [5.41, 5.74) is 1.43. The van der Waals surface area contributed by atoms with Crippen LogP contribution in [0.1, 0.15) is 18.7 Å². The molecule has 1 saturated heterocycles. The van der Waals surface area contributed by atoms with Crippen LogP contribution < -0.4 is 10.6 Å². The Labute approximate surface area is 98.2 Å². The molecule has 1 atom stereocenters. The zero-order chi connectivity index (χ0) is 12.4. The van der Waals surface area contributed by atoms with E-state index in [9.17, 15) is 14.8 Å². The number of amides is 2. The van der Waals surface area contributed by atoms with Crippen LogP contribution in [0.15, 0.2) is 24.3 Å². The van der Waals surface area contributed by atoms with Crippen molar-refractivity contribution >= 4 is 17.5 Å². The van der Waals surface area contributed by atoms with Crippen molar-refractivity contribution in [2.75, 3.05) is 11.9 Å². The third-order valence-corrected chi connectivity index (χ3v) is 2.49. The number of carbonyl (C=O) groups excluding carboxylic acids is 2. The van der Waals surface area contributed by atoms with Gasteiger partial charge in [-0.3, -0.25) is 20.1 Å². The molecule has 1 aliphatic rings. The number of hydroxylamine groups is 2. The monoisotopic (exact) mass is 235 g/mol. The Bertz CT molecular complexity index is 444. The van der Waals surface area contributed by atoms with Gasteiger partial charge in [-0.2, -0.15) is 0 Å². The van der Waals surface area contributed by atoms with Gasteiger partial charge in [0.1, 0.15) is 6.17 Å². The van der Waals surface area contributed by atoms with Crippen LogP contribution in [0.4, 0.5) is 5.69 Å². The first kappa shape index (κ1) is 11.6. The second kappa shape index (κ2) is 4.52. The topological polar surface area (TPSA) is 81.7 Å². The molecule has 2 amide bonds. The van der Waals surface area contributed by atoms with Crippen LogP contribution in [0.5, 0.6) is 0 Å². The maximum atomic E-state index is 11.1. The smallest absolute Gasteiger partial charge is 0.261 e. The van der Waals surface area contributed by atoms with Crippen LogP contribution in [0.25, 0.3) is 0 Å². The summed E-state index contributed by atoms with van der Waals surface area (Å²) in [6.07, 6.45) is -0.520. The van der Waals surface area contributed by atoms with Crippen molar-refractivity contribution < 1.29 is 14.8 Å². The molecule has 17 heavy (non-hydrogen) atoms. The molecule has 0 bridgehead atoms. The summed E-state index contributed by atoms with van der Waals surface area (Å²) in [5, 5.41) is 15.7. The van der Waals surface area contributed by atoms with Crippen LogP contribution in [0, 0.1) is 0 Å². The number of nitrogens with one attached hydrogen (secondary N) is 2. The number of hydrogen-bond donors (Lipinski definition) is 3. The summed E-state index contributed by atoms with van der Waals surface area (Å²) in [7, 11) is 0. The molecule has 6 nitrogen and oxygen atoms in total. The number of nitrogens with zero attached hydrogens (tertiary/aromatic N) is 1. The largest absolute Gasteiger partial charge is 0.326 e. The van der Waals surface area contributed by atoms with E-state index in [0.717, 1.165) is 5.56 Å². The molecule has 1 fully saturated rings. The molecule has 1 aromatic carbocycles. The fraction of sp³-hybridized carbons (Fsp3) is 0.273. The summed E-state index contributed by atoms with van der Waals surface area (Å²) >= 11 is 0. The molecule has 0 radical (unpaired) electrons. The fourth-order valence-corrected chi connectivity index (χ4v) is 1.71. The lowest BCUT2D eigenvalue weighted by atomic mass is 10.1. The highest BCUT2D eigenvalue weighted by molar-refractivity contribution is 5.88. The summed E-state index contributed by atoms with van der Waals surface area (Å²) in [6, 6.07) is 6.92. The quantitative estimate of drug-likeness (QED) is 0.651. The first-order valence-corrected chi connectivity index (χ1v) is 5.20. The average molecular weight is 235 g/mol. The summed E-state index contributed by atoms with van der Waals surface area (Å²) < 4.78 is 0. The normalized spacial score (nSPS) is 19.5. The molecule has 0 aliphatic carbocycles. The minimum Gasteiger partial charge on any atom is -0.326 e. The third kappa shape index (κ3) is 2.43. The molecule has 0 aromatic heterocycles. The zero-order valence-electron chi connectivity index (χ0n) is 9.30. The van der Waals surface area contributed by atoms with Gasteiger partial charge in [-0.05, 0) is 17.7 Å². The maximum absolute atomic E-state index is 11.1. The Balaban J connectivity index is 2.13. The van der Waals surface area contributed by atoms with Crippen molar-refractivity contribution in [2.45, 2.75) is 13.1 Å². The third-order valence-electron chi connectivity index (χ3n) is 2.49. The zero-order valence-corrected chi connectivity index (χ0v) is 9.30. The molecule has 3 N–H and O–H groups in total. The molecule has 0 saturated carbocycles. The molecule has 1 heterocycles. The molecule has 2 rings (SSSR count). The van der Waals surface area contributed by atoms with E-state index >= 15 is 0 Å². The molecular formula is C11H13N3O3. The summed E-state index contributed by atoms with van der Waals surface area (Å²) in [6.45, 7) is 1.55. The van der Waals surface area contributed by atoms with Gasteiger partial charge in [0.25, 0.3) is 5.91 Å². The molecule has 0 unspecified atom stereocenters. The van der Waals surface area contributed by atoms with Crippen LogP contribution >= 0.6 is 0 Å². The highest BCUT2D eigenvalue weighted by atomic mass is 16.5. The number of anilines is 1. The van der Waals surface area contributed by atoms with E-state index in [1.807, 2.05) is 0 Å². The molecule has 1 aliphatic heterocycles. The first-order valence-electron chi connectivity index (χ1n) is 5.20. The van der Waals surface area contributed by atoms with Gasteiger partial charge in [-0.15, -0.1) is 0 Å². The van der Waals surface area contributed by atoms with Gasteiger partial charge in [0, 0.05) is 12.6 Å². The number of rotatable bonds is 2. The predicted octanol–water partition coefficient (Wildman–Crippen LogP) is 0.465. The highest BCUT2D eigenvalue weighted by Crippen LogP contribution is 2.21. The van der Waals surface area contributed by atoms with Gasteiger partial charge in [0.05, 0.1) is 6.54 Å². The SMILES string of the molecule is CC(=O)Nc1ccc([C@@H]2NCC(=O)N2O)cc1. The Morgan fingerprint density at radius 1 is 1.47 bits per heavy atom. The predicted molar refractivity (Wildman–Crippen MR) is 60.1 cm³/mol. The van der Waals surface area contributed by atoms with E-state index in [0.29, 0.717) is 10.8 Å². The average Bonchev–Trinajstić information content (AvgIpc) is 2.60. The minimum absolute atomic E-state index is 0.120. The number of carbonyl (C=O) groups is 2. The van der Waals surface area contributed by atoms with Crippen LogP contribution in [-0.2, 0) is 9.59 Å². The van der Waals surface area contributed by atoms with E-state index in [1.165, 1.54) is 6.92 Å². The Morgan fingerprint density at radius 2 is 2.12 bits per heavy atom. The Morgan fingerprint density at radius 3 is 2.59 bits per heavy atom. The van der Waals surface area contributed by atoms with E-state index in [2.05, 4.69) is 10.6 Å². The standard InChI is InChI=1S/C11H13N3O3/c1-7(15)13-9-4-2-8(3-5-9)11-12-6-10(16)14(11)17/h2-5,11-12,17H,6H2,1H3,(H,13,15)/t11-/m1/s1. The molecule has 1 aromatic rings. The lowest BCUT2D eigenvalue weighted by molar-refractivity contribution is -0.165. The van der Waals surface area contributed by atoms with Gasteiger partial charge in [-0.25, -0.2) is 5.06 Å². The summed E-state index contributed by atoms with van der Waals surface area (Å²) in [5.74, 6) is -0.503. The fourth-order valence-electron chi connectivity index (χ4n) is 1.71. The number of benzene rings is 1. The van der Waals surface area contributed by atoms with Gasteiger partial charge in [-0.1, -0.05) is 12.1 Å². The Hall–Kier alpha value is -1.92. The molecule has 6 heteroatoms. The first-order chi connectivity index (χ1) is 8.08. The van der Waals surface area contributed by atoms with Crippen LogP contribution in [0.2, 0.25) is 0 Å². The van der Waals surface area contributed by atoms with Crippen LogP contribution in [0.3, 0.4) is 0 Å². The second-order valence-corrected chi connectivity index (χ2v) is 3.82. The second-order valence-electron chi connectivity index (χ2n) is 3.82. The van der Waals surface area contributed by atoms with Crippen LogP contribution in [-0.4, -0.2) is 28.6 Å². The van der Waals surface area contributed by atoms with E-state index in [1.54, 1.807) is 24.3 Å².